The van der Waals surface area contributed by atoms with Gasteiger partial charge in [-0.05, 0) is 30.9 Å². The molecule has 2 fully saturated rings. The maximum absolute atomic E-state index is 13.5. The Hall–Kier alpha value is -1.88. The SMILES string of the molecule is Cc1ccccc1C1(C(=O)N2CCOC(C(=O)O)C2)CCCCC1. The zero-order valence-corrected chi connectivity index (χ0v) is 14.2. The van der Waals surface area contributed by atoms with E-state index < -0.39 is 17.5 Å². The molecular formula is C19H25NO4. The zero-order chi connectivity index (χ0) is 17.2. The molecule has 5 nitrogen and oxygen atoms in total. The van der Waals surface area contributed by atoms with Crippen LogP contribution in [0.3, 0.4) is 0 Å². The van der Waals surface area contributed by atoms with Gasteiger partial charge in [0.25, 0.3) is 0 Å². The van der Waals surface area contributed by atoms with Gasteiger partial charge >= 0.3 is 5.97 Å². The minimum absolute atomic E-state index is 0.0750. The van der Waals surface area contributed by atoms with E-state index in [0.717, 1.165) is 43.2 Å². The molecule has 0 spiro atoms. The molecule has 1 aromatic carbocycles. The smallest absolute Gasteiger partial charge is 0.334 e. The number of carbonyl (C=O) groups excluding carboxylic acids is 1. The molecule has 1 saturated carbocycles. The number of hydrogen-bond acceptors (Lipinski definition) is 3. The molecule has 1 atom stereocenters. The van der Waals surface area contributed by atoms with Crippen molar-refractivity contribution in [1.82, 2.24) is 4.90 Å². The number of aryl methyl sites for hydroxylation is 1. The molecule has 1 saturated heterocycles. The maximum Gasteiger partial charge on any atom is 0.334 e. The van der Waals surface area contributed by atoms with Gasteiger partial charge in [-0.15, -0.1) is 0 Å². The van der Waals surface area contributed by atoms with E-state index in [-0.39, 0.29) is 19.1 Å². The van der Waals surface area contributed by atoms with E-state index in [4.69, 9.17) is 4.74 Å². The van der Waals surface area contributed by atoms with Crippen LogP contribution in [0.15, 0.2) is 24.3 Å². The van der Waals surface area contributed by atoms with Gasteiger partial charge in [-0.3, -0.25) is 4.79 Å². The van der Waals surface area contributed by atoms with E-state index in [1.165, 1.54) is 0 Å². The topological polar surface area (TPSA) is 66.8 Å². The molecule has 1 amide bonds. The number of ether oxygens (including phenoxy) is 1. The van der Waals surface area contributed by atoms with Crippen LogP contribution >= 0.6 is 0 Å². The van der Waals surface area contributed by atoms with Crippen LogP contribution in [0.25, 0.3) is 0 Å². The van der Waals surface area contributed by atoms with Crippen molar-refractivity contribution in [2.24, 2.45) is 0 Å². The summed E-state index contributed by atoms with van der Waals surface area (Å²) in [6.07, 6.45) is 3.99. The predicted molar refractivity (Wildman–Crippen MR) is 89.9 cm³/mol. The molecule has 1 aliphatic carbocycles. The Balaban J connectivity index is 1.93. The highest BCUT2D eigenvalue weighted by atomic mass is 16.5. The standard InChI is InChI=1S/C19H25NO4/c1-14-7-3-4-8-15(14)19(9-5-2-6-10-19)18(23)20-11-12-24-16(13-20)17(21)22/h3-4,7-8,16H,2,5-6,9-13H2,1H3,(H,21,22). The summed E-state index contributed by atoms with van der Waals surface area (Å²) in [7, 11) is 0. The first kappa shape index (κ1) is 17.0. The van der Waals surface area contributed by atoms with Gasteiger partial charge in [-0.1, -0.05) is 43.5 Å². The quantitative estimate of drug-likeness (QED) is 0.924. The van der Waals surface area contributed by atoms with E-state index in [2.05, 4.69) is 19.1 Å². The summed E-state index contributed by atoms with van der Waals surface area (Å²) in [5.74, 6) is -0.924. The molecule has 1 aliphatic heterocycles. The summed E-state index contributed by atoms with van der Waals surface area (Å²) in [6.45, 7) is 2.95. The van der Waals surface area contributed by atoms with Crippen molar-refractivity contribution in [3.63, 3.8) is 0 Å². The van der Waals surface area contributed by atoms with Gasteiger partial charge in [-0.2, -0.15) is 0 Å². The number of hydrogen-bond donors (Lipinski definition) is 1. The van der Waals surface area contributed by atoms with Crippen LogP contribution in [0.1, 0.15) is 43.2 Å². The van der Waals surface area contributed by atoms with E-state index in [1.54, 1.807) is 4.90 Å². The van der Waals surface area contributed by atoms with Gasteiger partial charge in [0.2, 0.25) is 5.91 Å². The average Bonchev–Trinajstić information content (AvgIpc) is 2.62. The lowest BCUT2D eigenvalue weighted by molar-refractivity contribution is -0.161. The molecule has 5 heteroatoms. The fourth-order valence-electron chi connectivity index (χ4n) is 4.15. The van der Waals surface area contributed by atoms with Crippen LogP contribution in [0.4, 0.5) is 0 Å². The van der Waals surface area contributed by atoms with E-state index >= 15 is 0 Å². The molecule has 0 bridgehead atoms. The highest BCUT2D eigenvalue weighted by Crippen LogP contribution is 2.42. The highest BCUT2D eigenvalue weighted by Gasteiger charge is 2.45. The molecular weight excluding hydrogens is 306 g/mol. The van der Waals surface area contributed by atoms with Crippen molar-refractivity contribution in [2.45, 2.75) is 50.5 Å². The number of carboxylic acids is 1. The third kappa shape index (κ3) is 3.05. The number of aliphatic carboxylic acids is 1. The van der Waals surface area contributed by atoms with E-state index in [1.807, 2.05) is 12.1 Å². The molecule has 3 rings (SSSR count). The number of benzene rings is 1. The van der Waals surface area contributed by atoms with Crippen molar-refractivity contribution < 1.29 is 19.4 Å². The molecule has 0 radical (unpaired) electrons. The molecule has 1 heterocycles. The van der Waals surface area contributed by atoms with Crippen molar-refractivity contribution in [2.75, 3.05) is 19.7 Å². The molecule has 1 unspecified atom stereocenters. The second kappa shape index (κ2) is 6.93. The van der Waals surface area contributed by atoms with Gasteiger partial charge in [-0.25, -0.2) is 4.79 Å². The highest BCUT2D eigenvalue weighted by molar-refractivity contribution is 5.89. The first-order valence-electron chi connectivity index (χ1n) is 8.74. The van der Waals surface area contributed by atoms with Crippen molar-refractivity contribution >= 4 is 11.9 Å². The zero-order valence-electron chi connectivity index (χ0n) is 14.2. The Bertz CT molecular complexity index is 622. The summed E-state index contributed by atoms with van der Waals surface area (Å²) < 4.78 is 5.28. The van der Waals surface area contributed by atoms with Crippen LogP contribution < -0.4 is 0 Å². The molecule has 1 N–H and O–H groups in total. The third-order valence-electron chi connectivity index (χ3n) is 5.41. The molecule has 130 valence electrons. The molecule has 0 aromatic heterocycles. The van der Waals surface area contributed by atoms with Crippen LogP contribution in [-0.4, -0.2) is 47.7 Å². The summed E-state index contributed by atoms with van der Waals surface area (Å²) >= 11 is 0. The van der Waals surface area contributed by atoms with Crippen molar-refractivity contribution in [3.8, 4) is 0 Å². The van der Waals surface area contributed by atoms with Crippen molar-refractivity contribution in [3.05, 3.63) is 35.4 Å². The number of carboxylic acid groups (broad SMARTS) is 1. The summed E-state index contributed by atoms with van der Waals surface area (Å²) in [4.78, 5) is 26.4. The minimum Gasteiger partial charge on any atom is -0.479 e. The van der Waals surface area contributed by atoms with Crippen LogP contribution in [0.5, 0.6) is 0 Å². The normalized spacial score (nSPS) is 23.7. The van der Waals surface area contributed by atoms with Crippen LogP contribution in [0, 0.1) is 6.92 Å². The lowest BCUT2D eigenvalue weighted by atomic mass is 9.67. The third-order valence-corrected chi connectivity index (χ3v) is 5.41. The first-order valence-corrected chi connectivity index (χ1v) is 8.74. The number of morpholine rings is 1. The fraction of sp³-hybridized carbons (Fsp3) is 0.579. The summed E-state index contributed by atoms with van der Waals surface area (Å²) in [5.41, 5.74) is 1.73. The second-order valence-electron chi connectivity index (χ2n) is 6.91. The predicted octanol–water partition coefficient (Wildman–Crippen LogP) is 2.51. The molecule has 1 aromatic rings. The lowest BCUT2D eigenvalue weighted by Gasteiger charge is -2.43. The number of carbonyl (C=O) groups is 2. The Labute approximate surface area is 142 Å². The summed E-state index contributed by atoms with van der Waals surface area (Å²) in [6, 6.07) is 8.10. The Morgan fingerprint density at radius 2 is 1.92 bits per heavy atom. The Morgan fingerprint density at radius 3 is 2.58 bits per heavy atom. The number of amides is 1. The fourth-order valence-corrected chi connectivity index (χ4v) is 4.15. The van der Waals surface area contributed by atoms with Crippen LogP contribution in [0.2, 0.25) is 0 Å². The van der Waals surface area contributed by atoms with Gasteiger partial charge in [0, 0.05) is 6.54 Å². The molecule has 2 aliphatic rings. The van der Waals surface area contributed by atoms with Gasteiger partial charge in [0.05, 0.1) is 18.6 Å². The second-order valence-corrected chi connectivity index (χ2v) is 6.91. The number of rotatable bonds is 3. The van der Waals surface area contributed by atoms with Gasteiger partial charge < -0.3 is 14.7 Å². The van der Waals surface area contributed by atoms with E-state index in [0.29, 0.717) is 6.54 Å². The maximum atomic E-state index is 13.5. The van der Waals surface area contributed by atoms with Crippen molar-refractivity contribution in [1.29, 1.82) is 0 Å². The molecule has 24 heavy (non-hydrogen) atoms. The largest absolute Gasteiger partial charge is 0.479 e. The van der Waals surface area contributed by atoms with Gasteiger partial charge in [0.1, 0.15) is 0 Å². The monoisotopic (exact) mass is 331 g/mol. The minimum atomic E-state index is -0.999. The summed E-state index contributed by atoms with van der Waals surface area (Å²) in [5, 5.41) is 9.21. The number of nitrogens with zero attached hydrogens (tertiary/aromatic N) is 1. The van der Waals surface area contributed by atoms with Crippen LogP contribution in [-0.2, 0) is 19.7 Å². The average molecular weight is 331 g/mol. The van der Waals surface area contributed by atoms with Gasteiger partial charge in [0.15, 0.2) is 6.10 Å². The first-order chi connectivity index (χ1) is 11.5. The lowest BCUT2D eigenvalue weighted by Crippen LogP contribution is -2.55. The van der Waals surface area contributed by atoms with E-state index in [9.17, 15) is 14.7 Å². The Kier molecular flexibility index (Phi) is 4.90. The Morgan fingerprint density at radius 1 is 1.21 bits per heavy atom.